The molecule has 4 heteroatoms. The van der Waals surface area contributed by atoms with Gasteiger partial charge in [-0.25, -0.2) is 0 Å². The van der Waals surface area contributed by atoms with E-state index in [-0.39, 0.29) is 0 Å². The molecule has 0 saturated heterocycles. The van der Waals surface area contributed by atoms with E-state index in [0.29, 0.717) is 21.0 Å². The van der Waals surface area contributed by atoms with Crippen LogP contribution in [0.15, 0.2) is 42.5 Å². The minimum atomic E-state index is 0.430. The lowest BCUT2D eigenvalue weighted by Gasteiger charge is -2.24. The van der Waals surface area contributed by atoms with Crippen LogP contribution in [0.3, 0.4) is 0 Å². The fourth-order valence-corrected chi connectivity index (χ4v) is 7.70. The van der Waals surface area contributed by atoms with Crippen LogP contribution < -0.4 is 0 Å². The van der Waals surface area contributed by atoms with E-state index < -0.39 is 0 Å². The summed E-state index contributed by atoms with van der Waals surface area (Å²) in [5, 5.41) is 11.2. The topological polar surface area (TPSA) is 0 Å². The molecule has 0 aliphatic heterocycles. The smallest absolute Gasteiger partial charge is 0.0526 e. The van der Waals surface area contributed by atoms with E-state index in [9.17, 15) is 0 Å². The Morgan fingerprint density at radius 3 is 1.44 bits per heavy atom. The van der Waals surface area contributed by atoms with Gasteiger partial charge in [0.1, 0.15) is 0 Å². The van der Waals surface area contributed by atoms with Crippen molar-refractivity contribution in [1.82, 2.24) is 0 Å². The van der Waals surface area contributed by atoms with Crippen LogP contribution in [0.4, 0.5) is 0 Å². The first-order valence-corrected chi connectivity index (χ1v) is 16.3. The Morgan fingerprint density at radius 2 is 0.923 bits per heavy atom. The highest BCUT2D eigenvalue weighted by atomic mass is 35.5. The summed E-state index contributed by atoms with van der Waals surface area (Å²) in [7, 11) is 0. The molecule has 0 aromatic heterocycles. The number of hydrogen-bond acceptors (Lipinski definition) is 0. The van der Waals surface area contributed by atoms with Gasteiger partial charge in [-0.05, 0) is 59.4 Å². The summed E-state index contributed by atoms with van der Waals surface area (Å²) < 4.78 is 0. The van der Waals surface area contributed by atoms with E-state index in [1.807, 2.05) is 18.2 Å². The number of fused-ring (bicyclic) bond motifs is 2. The van der Waals surface area contributed by atoms with Gasteiger partial charge in [0.15, 0.2) is 0 Å². The predicted octanol–water partition coefficient (Wildman–Crippen LogP) is 14.2. The van der Waals surface area contributed by atoms with Crippen molar-refractivity contribution in [3.63, 3.8) is 0 Å². The Bertz CT molecular complexity index is 1570. The predicted molar refractivity (Wildman–Crippen MR) is 177 cm³/mol. The average Bonchev–Trinajstić information content (AvgIpc) is 2.93. The summed E-state index contributed by atoms with van der Waals surface area (Å²) in [5.41, 5.74) is 1.26. The number of unbranched alkanes of at least 4 members (excludes halogenated alkanes) is 8. The highest BCUT2D eigenvalue weighted by molar-refractivity contribution is 6.53. The number of rotatable bonds is 13. The summed E-state index contributed by atoms with van der Waals surface area (Å²) in [5.74, 6) is 0.430. The molecule has 0 amide bonds. The van der Waals surface area contributed by atoms with Crippen molar-refractivity contribution >= 4 is 89.5 Å². The van der Waals surface area contributed by atoms with Gasteiger partial charge in [-0.2, -0.15) is 0 Å². The zero-order valence-electron chi connectivity index (χ0n) is 23.1. The van der Waals surface area contributed by atoms with Crippen molar-refractivity contribution < 1.29 is 0 Å². The second-order valence-electron chi connectivity index (χ2n) is 11.2. The maximum atomic E-state index is 7.49. The lowest BCUT2D eigenvalue weighted by molar-refractivity contribution is 0.491. The standard InChI is InChI=1S/C35H38Cl4/c1-3-5-7-9-11-13-22(14-12-10-8-6-4-2)25-21-24-17-20-27(37)32-30(24)34(35(25)39)33-28(38)19-16-23-15-18-26(36)31(32)29(23)33/h15-22H,3-14H2,1-2H3. The maximum Gasteiger partial charge on any atom is 0.0526 e. The Hall–Kier alpha value is -1.44. The van der Waals surface area contributed by atoms with Gasteiger partial charge in [0.25, 0.3) is 0 Å². The van der Waals surface area contributed by atoms with E-state index in [2.05, 4.69) is 38.1 Å². The summed E-state index contributed by atoms with van der Waals surface area (Å²) >= 11 is 28.3. The van der Waals surface area contributed by atoms with E-state index in [1.165, 1.54) is 82.6 Å². The number of benzene rings is 5. The third kappa shape index (κ3) is 5.70. The van der Waals surface area contributed by atoms with Crippen LogP contribution in [0.5, 0.6) is 0 Å². The molecule has 206 valence electrons. The molecule has 5 rings (SSSR count). The quantitative estimate of drug-likeness (QED) is 0.0717. The molecule has 0 saturated carbocycles. The molecule has 5 aromatic carbocycles. The first kappa shape index (κ1) is 29.1. The van der Waals surface area contributed by atoms with Crippen LogP contribution in [-0.4, -0.2) is 0 Å². The van der Waals surface area contributed by atoms with Crippen molar-refractivity contribution in [3.05, 3.63) is 68.1 Å². The number of halogens is 4. The van der Waals surface area contributed by atoms with E-state index >= 15 is 0 Å². The van der Waals surface area contributed by atoms with E-state index in [0.717, 1.165) is 48.1 Å². The van der Waals surface area contributed by atoms with Gasteiger partial charge in [-0.15, -0.1) is 0 Å². The van der Waals surface area contributed by atoms with Crippen molar-refractivity contribution in [2.24, 2.45) is 0 Å². The molecule has 39 heavy (non-hydrogen) atoms. The molecule has 0 nitrogen and oxygen atoms in total. The molecule has 0 aliphatic rings. The van der Waals surface area contributed by atoms with Crippen molar-refractivity contribution in [1.29, 1.82) is 0 Å². The minimum Gasteiger partial charge on any atom is -0.0836 e. The zero-order chi connectivity index (χ0) is 27.5. The lowest BCUT2D eigenvalue weighted by Crippen LogP contribution is -2.03. The monoisotopic (exact) mass is 598 g/mol. The molecule has 0 fully saturated rings. The highest BCUT2D eigenvalue weighted by Crippen LogP contribution is 2.51. The van der Waals surface area contributed by atoms with Crippen molar-refractivity contribution in [2.75, 3.05) is 0 Å². The Labute approximate surface area is 253 Å². The van der Waals surface area contributed by atoms with Gasteiger partial charge in [0, 0.05) is 47.4 Å². The number of hydrogen-bond donors (Lipinski definition) is 0. The third-order valence-corrected chi connectivity index (χ3v) is 9.91. The Morgan fingerprint density at radius 1 is 0.487 bits per heavy atom. The summed E-state index contributed by atoms with van der Waals surface area (Å²) in [4.78, 5) is 0. The van der Waals surface area contributed by atoms with Gasteiger partial charge in [-0.3, -0.25) is 0 Å². The molecule has 0 atom stereocenters. The summed E-state index contributed by atoms with van der Waals surface area (Å²) in [6.45, 7) is 4.55. The second-order valence-corrected chi connectivity index (χ2v) is 12.8. The van der Waals surface area contributed by atoms with Crippen LogP contribution in [0.1, 0.15) is 102 Å². The maximum absolute atomic E-state index is 7.49. The van der Waals surface area contributed by atoms with Gasteiger partial charge >= 0.3 is 0 Å². The van der Waals surface area contributed by atoms with Crippen LogP contribution in [0, 0.1) is 0 Å². The van der Waals surface area contributed by atoms with Crippen LogP contribution in [-0.2, 0) is 0 Å². The first-order chi connectivity index (χ1) is 19.0. The fraction of sp³-hybridized carbons (Fsp3) is 0.429. The lowest BCUT2D eigenvalue weighted by atomic mass is 9.83. The molecule has 0 spiro atoms. The molecular weight excluding hydrogens is 562 g/mol. The second kappa shape index (κ2) is 13.0. The highest BCUT2D eigenvalue weighted by Gasteiger charge is 2.24. The SMILES string of the molecule is CCCCCCCC(CCCCCCC)c1cc2ccc(Cl)c3c4c(Cl)ccc5ccc(Cl)c(c(c1Cl)c23)c54. The summed E-state index contributed by atoms with van der Waals surface area (Å²) in [6, 6.07) is 14.6. The molecule has 0 unspecified atom stereocenters. The van der Waals surface area contributed by atoms with Crippen LogP contribution in [0.2, 0.25) is 20.1 Å². The molecule has 5 aromatic rings. The molecule has 0 heterocycles. The van der Waals surface area contributed by atoms with Crippen molar-refractivity contribution in [3.8, 4) is 0 Å². The largest absolute Gasteiger partial charge is 0.0836 e. The first-order valence-electron chi connectivity index (χ1n) is 14.8. The Balaban J connectivity index is 1.71. The van der Waals surface area contributed by atoms with Crippen LogP contribution >= 0.6 is 46.4 Å². The molecule has 0 bridgehead atoms. The average molecular weight is 601 g/mol. The molecule has 0 N–H and O–H groups in total. The van der Waals surface area contributed by atoms with Crippen molar-refractivity contribution in [2.45, 2.75) is 96.8 Å². The molecule has 0 radical (unpaired) electrons. The zero-order valence-corrected chi connectivity index (χ0v) is 26.1. The fourth-order valence-electron chi connectivity index (χ4n) is 6.54. The van der Waals surface area contributed by atoms with Gasteiger partial charge < -0.3 is 0 Å². The van der Waals surface area contributed by atoms with E-state index in [1.54, 1.807) is 0 Å². The Kier molecular flexibility index (Phi) is 9.71. The normalized spacial score (nSPS) is 12.3. The van der Waals surface area contributed by atoms with Crippen LogP contribution in [0.25, 0.3) is 43.1 Å². The minimum absolute atomic E-state index is 0.430. The van der Waals surface area contributed by atoms with Gasteiger partial charge in [0.2, 0.25) is 0 Å². The molecule has 0 aliphatic carbocycles. The van der Waals surface area contributed by atoms with Gasteiger partial charge in [0.05, 0.1) is 5.02 Å². The van der Waals surface area contributed by atoms with Gasteiger partial charge in [-0.1, -0.05) is 143 Å². The summed E-state index contributed by atoms with van der Waals surface area (Å²) in [6.07, 6.45) is 15.2. The molecular formula is C35H38Cl4. The third-order valence-electron chi connectivity index (χ3n) is 8.56. The van der Waals surface area contributed by atoms with E-state index in [4.69, 9.17) is 46.4 Å².